The number of hydrogen-bond donors (Lipinski definition) is 2. The Hall–Kier alpha value is -2.24. The summed E-state index contributed by atoms with van der Waals surface area (Å²) >= 11 is -2.51. The van der Waals surface area contributed by atoms with Crippen LogP contribution in [0.5, 0.6) is 23.0 Å². The van der Waals surface area contributed by atoms with Gasteiger partial charge in [0.15, 0.2) is 0 Å². The second-order valence-electron chi connectivity index (χ2n) is 6.19. The number of nitrogens with one attached hydrogen (secondary N) is 1. The zero-order chi connectivity index (χ0) is 23.0. The molecule has 9 nitrogen and oxygen atoms in total. The Kier molecular flexibility index (Phi) is 11.6. The first-order chi connectivity index (χ1) is 14.8. The van der Waals surface area contributed by atoms with Crippen molar-refractivity contribution in [2.75, 3.05) is 40.3 Å². The number of ether oxygens (including phenoxy) is 4. The van der Waals surface area contributed by atoms with Crippen molar-refractivity contribution >= 4 is 28.8 Å². The molecular weight excluding hydrogens is 449 g/mol. The van der Waals surface area contributed by atoms with Crippen LogP contribution in [0, 0.1) is 0 Å². The number of carbonyl (C=O) groups is 1. The van der Waals surface area contributed by atoms with E-state index in [1.165, 1.54) is 40.6 Å². The van der Waals surface area contributed by atoms with Gasteiger partial charge in [-0.3, -0.25) is 9.00 Å². The quantitative estimate of drug-likeness (QED) is 0.341. The topological polar surface area (TPSA) is 126 Å². The van der Waals surface area contributed by atoms with Crippen LogP contribution in [-0.4, -0.2) is 54.8 Å². The van der Waals surface area contributed by atoms with E-state index in [4.69, 9.17) is 24.1 Å². The zero-order valence-electron chi connectivity index (χ0n) is 19.5. The number of aliphatic carboxylic acids is 1. The van der Waals surface area contributed by atoms with Gasteiger partial charge in [0.1, 0.15) is 29.5 Å². The van der Waals surface area contributed by atoms with Crippen LogP contribution >= 0.6 is 0 Å². The van der Waals surface area contributed by atoms with Gasteiger partial charge in [-0.15, -0.1) is 0 Å². The summed E-state index contributed by atoms with van der Waals surface area (Å²) in [6.45, 7) is -0.346. The Morgan fingerprint density at radius 1 is 1.09 bits per heavy atom. The average molecular weight is 474 g/mol. The van der Waals surface area contributed by atoms with E-state index in [1.54, 1.807) is 30.3 Å². The molecule has 170 valence electrons. The van der Waals surface area contributed by atoms with Gasteiger partial charge in [-0.1, -0.05) is 18.2 Å². The summed E-state index contributed by atoms with van der Waals surface area (Å²) in [5, 5.41) is 10.6. The molecule has 0 radical (unpaired) electrons. The predicted molar refractivity (Wildman–Crippen MR) is 117 cm³/mol. The molecule has 0 fully saturated rings. The fourth-order valence-corrected chi connectivity index (χ4v) is 3.45. The molecule has 2 N–H and O–H groups in total. The van der Waals surface area contributed by atoms with Gasteiger partial charge in [0.2, 0.25) is 0 Å². The van der Waals surface area contributed by atoms with Gasteiger partial charge in [0, 0.05) is 12.1 Å². The van der Waals surface area contributed by atoms with Gasteiger partial charge in [-0.25, -0.2) is 0 Å². The van der Waals surface area contributed by atoms with E-state index < -0.39 is 22.3 Å². The molecule has 0 saturated heterocycles. The maximum atomic E-state index is 12.0. The summed E-state index contributed by atoms with van der Waals surface area (Å²) < 4.78 is 45.2. The van der Waals surface area contributed by atoms with Gasteiger partial charge in [-0.2, -0.15) is 0 Å². The minimum Gasteiger partial charge on any atom is -1.00 e. The molecule has 0 aliphatic heterocycles. The monoisotopic (exact) mass is 474 g/mol. The first kappa shape index (κ1) is 27.8. The van der Waals surface area contributed by atoms with E-state index in [1.807, 2.05) is 0 Å². The van der Waals surface area contributed by atoms with Gasteiger partial charge in [0.05, 0.1) is 44.9 Å². The van der Waals surface area contributed by atoms with Crippen LogP contribution in [0.1, 0.15) is 17.8 Å². The number of anilines is 1. The van der Waals surface area contributed by atoms with E-state index >= 15 is 0 Å². The van der Waals surface area contributed by atoms with Crippen LogP contribution in [0.3, 0.4) is 0 Å². The molecule has 0 saturated carbocycles. The Morgan fingerprint density at radius 2 is 1.69 bits per heavy atom. The van der Waals surface area contributed by atoms with Crippen LogP contribution in [0.15, 0.2) is 36.4 Å². The van der Waals surface area contributed by atoms with E-state index in [-0.39, 0.29) is 37.5 Å². The molecule has 0 spiro atoms. The third-order valence-corrected chi connectivity index (χ3v) is 5.22. The molecule has 0 bridgehead atoms. The number of benzene rings is 2. The van der Waals surface area contributed by atoms with Crippen LogP contribution in [0.4, 0.5) is 5.69 Å². The first-order valence-electron chi connectivity index (χ1n) is 9.04. The van der Waals surface area contributed by atoms with E-state index in [9.17, 15) is 13.6 Å². The number of carboxylic acids is 1. The first-order valence-corrected chi connectivity index (χ1v) is 10.2. The number of rotatable bonds is 11. The molecule has 2 aromatic rings. The van der Waals surface area contributed by atoms with Gasteiger partial charge >= 0.3 is 35.5 Å². The van der Waals surface area contributed by atoms with E-state index in [2.05, 4.69) is 5.32 Å². The molecule has 0 aliphatic carbocycles. The molecule has 0 amide bonds. The van der Waals surface area contributed by atoms with Crippen molar-refractivity contribution in [3.63, 3.8) is 0 Å². The molecule has 2 unspecified atom stereocenters. The summed E-state index contributed by atoms with van der Waals surface area (Å²) in [7, 11) is 5.92. The normalized spacial score (nSPS) is 12.4. The van der Waals surface area contributed by atoms with Crippen molar-refractivity contribution in [2.45, 2.75) is 5.25 Å². The van der Waals surface area contributed by atoms with Crippen LogP contribution in [0.2, 0.25) is 0 Å². The molecule has 32 heavy (non-hydrogen) atoms. The van der Waals surface area contributed by atoms with Gasteiger partial charge in [0.25, 0.3) is 0 Å². The zero-order valence-corrected chi connectivity index (χ0v) is 21.4. The predicted octanol–water partition coefficient (Wildman–Crippen LogP) is -0.0324. The van der Waals surface area contributed by atoms with Crippen molar-refractivity contribution < 1.29 is 68.6 Å². The summed E-state index contributed by atoms with van der Waals surface area (Å²) in [4.78, 5) is 10.9. The summed E-state index contributed by atoms with van der Waals surface area (Å²) in [5.41, 5.74) is 1.33. The van der Waals surface area contributed by atoms with Gasteiger partial charge < -0.3 is 35.4 Å². The molecule has 2 rings (SSSR count). The summed E-state index contributed by atoms with van der Waals surface area (Å²) in [6, 6.07) is 8.02. The fraction of sp³-hybridized carbons (Fsp3) is 0.286. The second-order valence-corrected chi connectivity index (χ2v) is 7.22. The minimum absolute atomic E-state index is 0. The van der Waals surface area contributed by atoms with Crippen LogP contribution in [-0.2, 0) is 15.9 Å². The maximum absolute atomic E-state index is 12.0. The van der Waals surface area contributed by atoms with E-state index in [0.29, 0.717) is 39.8 Å². The van der Waals surface area contributed by atoms with Crippen LogP contribution < -0.4 is 53.8 Å². The molecule has 2 atom stereocenters. The van der Waals surface area contributed by atoms with Crippen molar-refractivity contribution in [3.8, 4) is 23.0 Å². The number of hydrogen-bond acceptors (Lipinski definition) is 8. The van der Waals surface area contributed by atoms with Crippen molar-refractivity contribution in [2.24, 2.45) is 0 Å². The molecule has 2 aromatic carbocycles. The fourth-order valence-electron chi connectivity index (χ4n) is 2.88. The average Bonchev–Trinajstić information content (AvgIpc) is 2.77. The molecule has 0 aromatic heterocycles. The maximum Gasteiger partial charge on any atom is 1.00 e. The Morgan fingerprint density at radius 3 is 2.16 bits per heavy atom. The summed E-state index contributed by atoms with van der Waals surface area (Å²) in [6.07, 6.45) is 3.07. The minimum atomic E-state index is -2.51. The second kappa shape index (κ2) is 13.3. The van der Waals surface area contributed by atoms with Crippen molar-refractivity contribution in [1.29, 1.82) is 0 Å². The largest absolute Gasteiger partial charge is 1.00 e. The molecule has 0 heterocycles. The molecular formula is C21H25NNaO8S-. The van der Waals surface area contributed by atoms with Crippen molar-refractivity contribution in [1.82, 2.24) is 0 Å². The third-order valence-electron chi connectivity index (χ3n) is 4.38. The Labute approximate surface area is 212 Å². The number of carboxylic acid groups (broad SMARTS) is 1. The van der Waals surface area contributed by atoms with Crippen molar-refractivity contribution in [3.05, 3.63) is 47.5 Å². The number of methoxy groups -OCH3 is 4. The SMILES string of the molecule is COc1cc(OC)c(C=CC(c2ccc(OC)c(NCC(=O)O)c2)S(=O)[O-])c(OC)c1.[H-].[Na+]. The van der Waals surface area contributed by atoms with E-state index in [0.717, 1.165) is 0 Å². The standard InChI is InChI=1S/C21H25NO8S.Na.H/c1-27-14-10-18(29-3)15(19(11-14)30-4)6-8-20(31(25)26)13-5-7-17(28-2)16(9-13)22-12-21(23)24;;/h5-11,20,22H,12H2,1-4H3,(H,23,24)(H,25,26);;/q;+1;-1/p-1. The Balaban J connectivity index is 0.00000512. The molecule has 0 aliphatic rings. The smallest absolute Gasteiger partial charge is 1.00 e. The Bertz CT molecular complexity index is 964. The van der Waals surface area contributed by atoms with Crippen LogP contribution in [0.25, 0.3) is 6.08 Å². The summed E-state index contributed by atoms with van der Waals surface area (Å²) in [5.74, 6) is 0.750. The third kappa shape index (κ3) is 7.14. The van der Waals surface area contributed by atoms with Gasteiger partial charge in [-0.05, 0) is 28.8 Å². The molecule has 11 heteroatoms.